The van der Waals surface area contributed by atoms with Gasteiger partial charge in [-0.2, -0.15) is 0 Å². The summed E-state index contributed by atoms with van der Waals surface area (Å²) in [6.07, 6.45) is 13.5. The minimum absolute atomic E-state index is 0.676. The van der Waals surface area contributed by atoms with Crippen LogP contribution < -0.4 is 0 Å². The number of ether oxygens (including phenoxy) is 1. The number of furan rings is 1. The Labute approximate surface area is 105 Å². The van der Waals surface area contributed by atoms with Gasteiger partial charge in [0.25, 0.3) is 0 Å². The highest BCUT2D eigenvalue weighted by molar-refractivity contribution is 5.41. The van der Waals surface area contributed by atoms with Crippen molar-refractivity contribution in [3.05, 3.63) is 30.2 Å². The average molecular weight is 236 g/mol. The van der Waals surface area contributed by atoms with Gasteiger partial charge in [0.1, 0.15) is 5.76 Å². The summed E-state index contributed by atoms with van der Waals surface area (Å²) in [7, 11) is 0. The lowest BCUT2D eigenvalue weighted by Crippen LogP contribution is -1.94. The molecule has 0 aliphatic heterocycles. The van der Waals surface area contributed by atoms with Gasteiger partial charge in [-0.15, -0.1) is 0 Å². The van der Waals surface area contributed by atoms with Crippen LogP contribution in [0.15, 0.2) is 28.9 Å². The normalized spacial score (nSPS) is 11.4. The monoisotopic (exact) mass is 236 g/mol. The van der Waals surface area contributed by atoms with Crippen LogP contribution in [0.4, 0.5) is 0 Å². The van der Waals surface area contributed by atoms with Gasteiger partial charge in [-0.05, 0) is 24.6 Å². The van der Waals surface area contributed by atoms with Gasteiger partial charge in [0.15, 0.2) is 0 Å². The maximum Gasteiger partial charge on any atom is 0.126 e. The van der Waals surface area contributed by atoms with Crippen molar-refractivity contribution in [1.29, 1.82) is 0 Å². The zero-order chi connectivity index (χ0) is 12.2. The second kappa shape index (κ2) is 10.2. The van der Waals surface area contributed by atoms with Crippen LogP contribution in [-0.4, -0.2) is 13.2 Å². The molecule has 0 aromatic carbocycles. The minimum Gasteiger partial charge on any atom is -0.465 e. The second-order valence-electron chi connectivity index (χ2n) is 4.26. The van der Waals surface area contributed by atoms with Crippen LogP contribution in [0.1, 0.15) is 51.2 Å². The summed E-state index contributed by atoms with van der Waals surface area (Å²) < 4.78 is 10.7. The van der Waals surface area contributed by atoms with Crippen molar-refractivity contribution in [1.82, 2.24) is 0 Å². The Balaban J connectivity index is 1.84. The molecule has 1 aromatic rings. The van der Waals surface area contributed by atoms with Crippen LogP contribution in [0.3, 0.4) is 0 Å². The average Bonchev–Trinajstić information content (AvgIpc) is 2.85. The van der Waals surface area contributed by atoms with Gasteiger partial charge < -0.3 is 9.15 Å². The number of rotatable bonds is 10. The first-order valence-corrected chi connectivity index (χ1v) is 6.71. The fourth-order valence-corrected chi connectivity index (χ4v) is 1.69. The molecule has 1 aromatic heterocycles. The lowest BCUT2D eigenvalue weighted by atomic mass is 10.1. The molecule has 2 heteroatoms. The summed E-state index contributed by atoms with van der Waals surface area (Å²) in [5.41, 5.74) is 0. The van der Waals surface area contributed by atoms with E-state index >= 15 is 0 Å². The first-order valence-electron chi connectivity index (χ1n) is 6.71. The molecule has 96 valence electrons. The topological polar surface area (TPSA) is 22.4 Å². The van der Waals surface area contributed by atoms with Crippen LogP contribution in [-0.2, 0) is 4.74 Å². The molecule has 0 amide bonds. The van der Waals surface area contributed by atoms with E-state index in [0.717, 1.165) is 12.4 Å². The van der Waals surface area contributed by atoms with E-state index in [1.54, 1.807) is 6.26 Å². The van der Waals surface area contributed by atoms with Gasteiger partial charge >= 0.3 is 0 Å². The molecule has 17 heavy (non-hydrogen) atoms. The SMILES string of the molecule is CCCCCCCCOCC=Cc1ccco1. The Morgan fingerprint density at radius 3 is 2.76 bits per heavy atom. The molecule has 1 heterocycles. The van der Waals surface area contributed by atoms with Crippen LogP contribution >= 0.6 is 0 Å². The van der Waals surface area contributed by atoms with E-state index in [4.69, 9.17) is 9.15 Å². The van der Waals surface area contributed by atoms with Crippen molar-refractivity contribution < 1.29 is 9.15 Å². The van der Waals surface area contributed by atoms with E-state index < -0.39 is 0 Å². The Bertz CT molecular complexity index is 275. The molecule has 0 spiro atoms. The molecule has 1 rings (SSSR count). The number of hydrogen-bond acceptors (Lipinski definition) is 2. The molecule has 0 saturated heterocycles. The Kier molecular flexibility index (Phi) is 8.39. The molecule has 0 atom stereocenters. The van der Waals surface area contributed by atoms with Gasteiger partial charge in [-0.1, -0.05) is 45.1 Å². The summed E-state index contributed by atoms with van der Waals surface area (Å²) in [4.78, 5) is 0. The van der Waals surface area contributed by atoms with Gasteiger partial charge in [-0.25, -0.2) is 0 Å². The van der Waals surface area contributed by atoms with Crippen LogP contribution in [0.2, 0.25) is 0 Å². The highest BCUT2D eigenvalue weighted by atomic mass is 16.5. The first kappa shape index (κ1) is 14.0. The quantitative estimate of drug-likeness (QED) is 0.551. The van der Waals surface area contributed by atoms with E-state index in [1.807, 2.05) is 24.3 Å². The molecule has 0 unspecified atom stereocenters. The molecule has 0 aliphatic rings. The van der Waals surface area contributed by atoms with Gasteiger partial charge in [0.05, 0.1) is 12.9 Å². The number of hydrogen-bond donors (Lipinski definition) is 0. The molecule has 0 radical (unpaired) electrons. The molecule has 0 aliphatic carbocycles. The largest absolute Gasteiger partial charge is 0.465 e. The van der Waals surface area contributed by atoms with Crippen molar-refractivity contribution in [2.45, 2.75) is 45.4 Å². The standard InChI is InChI=1S/C15H24O2/c1-2-3-4-5-6-7-12-16-13-8-10-15-11-9-14-17-15/h8-11,14H,2-7,12-13H2,1H3. The predicted octanol–water partition coefficient (Wildman–Crippen LogP) is 4.67. The van der Waals surface area contributed by atoms with Crippen molar-refractivity contribution >= 4 is 6.08 Å². The zero-order valence-electron chi connectivity index (χ0n) is 10.9. The Morgan fingerprint density at radius 2 is 2.00 bits per heavy atom. The highest BCUT2D eigenvalue weighted by Crippen LogP contribution is 2.05. The van der Waals surface area contributed by atoms with Gasteiger partial charge in [-0.3, -0.25) is 0 Å². The van der Waals surface area contributed by atoms with Crippen molar-refractivity contribution in [2.75, 3.05) is 13.2 Å². The van der Waals surface area contributed by atoms with Crippen molar-refractivity contribution in [3.63, 3.8) is 0 Å². The van der Waals surface area contributed by atoms with Crippen molar-refractivity contribution in [3.8, 4) is 0 Å². The third-order valence-electron chi connectivity index (χ3n) is 2.68. The molecule has 2 nitrogen and oxygen atoms in total. The van der Waals surface area contributed by atoms with Crippen LogP contribution in [0, 0.1) is 0 Å². The van der Waals surface area contributed by atoms with E-state index in [-0.39, 0.29) is 0 Å². The van der Waals surface area contributed by atoms with E-state index in [9.17, 15) is 0 Å². The Morgan fingerprint density at radius 1 is 1.18 bits per heavy atom. The maximum atomic E-state index is 5.51. The first-order chi connectivity index (χ1) is 8.43. The molecule has 0 N–H and O–H groups in total. The summed E-state index contributed by atoms with van der Waals surface area (Å²) >= 11 is 0. The molecular formula is C15H24O2. The fraction of sp³-hybridized carbons (Fsp3) is 0.600. The van der Waals surface area contributed by atoms with E-state index in [1.165, 1.54) is 38.5 Å². The number of unbranched alkanes of at least 4 members (excludes halogenated alkanes) is 5. The highest BCUT2D eigenvalue weighted by Gasteiger charge is 1.90. The third-order valence-corrected chi connectivity index (χ3v) is 2.68. The molecule has 0 saturated carbocycles. The maximum absolute atomic E-state index is 5.51. The van der Waals surface area contributed by atoms with Crippen LogP contribution in [0.25, 0.3) is 6.08 Å². The minimum atomic E-state index is 0.676. The second-order valence-corrected chi connectivity index (χ2v) is 4.26. The summed E-state index contributed by atoms with van der Waals surface area (Å²) in [6, 6.07) is 3.82. The zero-order valence-corrected chi connectivity index (χ0v) is 10.9. The van der Waals surface area contributed by atoms with Crippen molar-refractivity contribution in [2.24, 2.45) is 0 Å². The lowest BCUT2D eigenvalue weighted by molar-refractivity contribution is 0.157. The Hall–Kier alpha value is -1.02. The lowest BCUT2D eigenvalue weighted by Gasteiger charge is -2.01. The summed E-state index contributed by atoms with van der Waals surface area (Å²) in [5, 5.41) is 0. The van der Waals surface area contributed by atoms with Gasteiger partial charge in [0, 0.05) is 6.61 Å². The molecular weight excluding hydrogens is 212 g/mol. The van der Waals surface area contributed by atoms with E-state index in [2.05, 4.69) is 6.92 Å². The molecule has 0 fully saturated rings. The van der Waals surface area contributed by atoms with Crippen LogP contribution in [0.5, 0.6) is 0 Å². The predicted molar refractivity (Wildman–Crippen MR) is 71.9 cm³/mol. The van der Waals surface area contributed by atoms with Gasteiger partial charge in [0.2, 0.25) is 0 Å². The van der Waals surface area contributed by atoms with E-state index in [0.29, 0.717) is 6.61 Å². The summed E-state index contributed by atoms with van der Waals surface area (Å²) in [6.45, 7) is 3.79. The summed E-state index contributed by atoms with van der Waals surface area (Å²) in [5.74, 6) is 0.883. The fourth-order valence-electron chi connectivity index (χ4n) is 1.69. The smallest absolute Gasteiger partial charge is 0.126 e. The molecule has 0 bridgehead atoms. The third kappa shape index (κ3) is 7.81.